The van der Waals surface area contributed by atoms with Gasteiger partial charge in [-0.15, -0.1) is 0 Å². The molecule has 0 radical (unpaired) electrons. The van der Waals surface area contributed by atoms with E-state index in [1.807, 2.05) is 0 Å². The second kappa shape index (κ2) is 6.83. The number of alkyl halides is 3. The van der Waals surface area contributed by atoms with Gasteiger partial charge in [-0.05, 0) is 36.8 Å². The van der Waals surface area contributed by atoms with E-state index in [1.54, 1.807) is 0 Å². The largest absolute Gasteiger partial charge is 0.493 e. The fraction of sp³-hybridized carbons (Fsp3) is 0.250. The van der Waals surface area contributed by atoms with Gasteiger partial charge in [0, 0.05) is 11.8 Å². The lowest BCUT2D eigenvalue weighted by molar-refractivity contribution is -0.138. The van der Waals surface area contributed by atoms with E-state index in [4.69, 9.17) is 9.47 Å². The van der Waals surface area contributed by atoms with E-state index in [2.05, 4.69) is 4.72 Å². The van der Waals surface area contributed by atoms with Crippen LogP contribution in [0.5, 0.6) is 11.5 Å². The van der Waals surface area contributed by atoms with Crippen molar-refractivity contribution in [1.82, 2.24) is 0 Å². The summed E-state index contributed by atoms with van der Waals surface area (Å²) in [5.74, 6) is 0.515. The number of hydrogen-bond donors (Lipinski definition) is 1. The number of halogens is 3. The molecule has 1 N–H and O–H groups in total. The highest BCUT2D eigenvalue weighted by molar-refractivity contribution is 7.92. The van der Waals surface area contributed by atoms with E-state index in [-0.39, 0.29) is 21.9 Å². The summed E-state index contributed by atoms with van der Waals surface area (Å²) in [6, 6.07) is 7.11. The van der Waals surface area contributed by atoms with Crippen molar-refractivity contribution in [3.8, 4) is 11.5 Å². The Kier molecular flexibility index (Phi) is 5.17. The second-order valence-corrected chi connectivity index (χ2v) is 6.83. The monoisotopic (exact) mass is 375 g/mol. The number of methoxy groups -OCH3 is 2. The predicted octanol–water partition coefficient (Wildman–Crippen LogP) is 3.83. The van der Waals surface area contributed by atoms with Crippen molar-refractivity contribution in [2.45, 2.75) is 18.0 Å². The molecule has 2 aromatic carbocycles. The van der Waals surface area contributed by atoms with Gasteiger partial charge in [-0.2, -0.15) is 13.2 Å². The van der Waals surface area contributed by atoms with Crippen LogP contribution in [0.4, 0.5) is 18.9 Å². The Labute approximate surface area is 143 Å². The van der Waals surface area contributed by atoms with E-state index >= 15 is 0 Å². The summed E-state index contributed by atoms with van der Waals surface area (Å²) in [6.07, 6.45) is -4.57. The highest BCUT2D eigenvalue weighted by Gasteiger charge is 2.32. The van der Waals surface area contributed by atoms with E-state index in [0.29, 0.717) is 5.75 Å². The molecular formula is C16H16F3NO4S. The van der Waals surface area contributed by atoms with Crippen molar-refractivity contribution in [3.63, 3.8) is 0 Å². The summed E-state index contributed by atoms with van der Waals surface area (Å²) < 4.78 is 75.9. The smallest absolute Gasteiger partial charge is 0.416 e. The van der Waals surface area contributed by atoms with Crippen molar-refractivity contribution in [1.29, 1.82) is 0 Å². The third-order valence-electron chi connectivity index (χ3n) is 3.46. The third kappa shape index (κ3) is 4.16. The van der Waals surface area contributed by atoms with Crippen LogP contribution in [0, 0.1) is 6.92 Å². The zero-order valence-corrected chi connectivity index (χ0v) is 14.5. The minimum Gasteiger partial charge on any atom is -0.493 e. The van der Waals surface area contributed by atoms with Crippen LogP contribution in [0.3, 0.4) is 0 Å². The summed E-state index contributed by atoms with van der Waals surface area (Å²) in [6.45, 7) is 1.30. The van der Waals surface area contributed by atoms with Crippen LogP contribution >= 0.6 is 0 Å². The molecule has 2 rings (SSSR count). The predicted molar refractivity (Wildman–Crippen MR) is 86.5 cm³/mol. The lowest BCUT2D eigenvalue weighted by Gasteiger charge is -2.14. The van der Waals surface area contributed by atoms with Gasteiger partial charge in [0.05, 0.1) is 24.7 Å². The summed E-state index contributed by atoms with van der Waals surface area (Å²) in [7, 11) is -1.36. The van der Waals surface area contributed by atoms with Gasteiger partial charge in [-0.25, -0.2) is 8.42 Å². The molecule has 2 aromatic rings. The molecule has 0 saturated carbocycles. The first-order valence-electron chi connectivity index (χ1n) is 7.01. The number of rotatable bonds is 5. The lowest BCUT2D eigenvalue weighted by atomic mass is 10.1. The van der Waals surface area contributed by atoms with E-state index < -0.39 is 21.8 Å². The minimum absolute atomic E-state index is 0.00145. The van der Waals surface area contributed by atoms with Gasteiger partial charge in [0.1, 0.15) is 0 Å². The van der Waals surface area contributed by atoms with Crippen LogP contribution in [-0.2, 0) is 16.2 Å². The number of anilines is 1. The molecule has 0 atom stereocenters. The summed E-state index contributed by atoms with van der Waals surface area (Å²) >= 11 is 0. The number of hydrogen-bond acceptors (Lipinski definition) is 4. The number of aryl methyl sites for hydroxylation is 1. The Bertz CT molecular complexity index is 879. The van der Waals surface area contributed by atoms with Crippen LogP contribution in [0.25, 0.3) is 0 Å². The quantitative estimate of drug-likeness (QED) is 0.863. The maximum atomic E-state index is 13.0. The number of sulfonamides is 1. The molecule has 0 aliphatic rings. The zero-order chi connectivity index (χ0) is 18.8. The van der Waals surface area contributed by atoms with Gasteiger partial charge < -0.3 is 9.47 Å². The Balaban J connectivity index is 2.40. The lowest BCUT2D eigenvalue weighted by Crippen LogP contribution is -2.15. The highest BCUT2D eigenvalue weighted by Crippen LogP contribution is 2.34. The first-order chi connectivity index (χ1) is 11.6. The first kappa shape index (κ1) is 18.9. The second-order valence-electron chi connectivity index (χ2n) is 5.15. The van der Waals surface area contributed by atoms with E-state index in [9.17, 15) is 21.6 Å². The minimum atomic E-state index is -4.57. The van der Waals surface area contributed by atoms with Crippen LogP contribution in [0.15, 0.2) is 41.3 Å². The van der Waals surface area contributed by atoms with Crippen molar-refractivity contribution < 1.29 is 31.1 Å². The van der Waals surface area contributed by atoms with Gasteiger partial charge in [0.15, 0.2) is 11.5 Å². The van der Waals surface area contributed by atoms with Crippen molar-refractivity contribution >= 4 is 15.7 Å². The Morgan fingerprint density at radius 1 is 0.960 bits per heavy atom. The molecule has 0 spiro atoms. The summed E-state index contributed by atoms with van der Waals surface area (Å²) in [5.41, 5.74) is -1.09. The summed E-state index contributed by atoms with van der Waals surface area (Å²) in [5, 5.41) is 0. The fourth-order valence-electron chi connectivity index (χ4n) is 2.19. The first-order valence-corrected chi connectivity index (χ1v) is 8.49. The molecule has 0 unspecified atom stereocenters. The van der Waals surface area contributed by atoms with Gasteiger partial charge in [-0.1, -0.05) is 6.07 Å². The number of ether oxygens (including phenoxy) is 2. The number of nitrogens with one attached hydrogen (secondary N) is 1. The molecule has 0 fully saturated rings. The van der Waals surface area contributed by atoms with Gasteiger partial charge in [0.25, 0.3) is 10.0 Å². The molecular weight excluding hydrogens is 359 g/mol. The van der Waals surface area contributed by atoms with Crippen LogP contribution in [0.2, 0.25) is 0 Å². The van der Waals surface area contributed by atoms with Crippen molar-refractivity contribution in [3.05, 3.63) is 47.5 Å². The zero-order valence-electron chi connectivity index (χ0n) is 13.6. The Morgan fingerprint density at radius 3 is 2.16 bits per heavy atom. The van der Waals surface area contributed by atoms with Gasteiger partial charge in [0.2, 0.25) is 0 Å². The van der Waals surface area contributed by atoms with Crippen molar-refractivity contribution in [2.75, 3.05) is 18.9 Å². The Morgan fingerprint density at radius 2 is 1.60 bits per heavy atom. The molecule has 0 saturated heterocycles. The molecule has 9 heteroatoms. The molecule has 25 heavy (non-hydrogen) atoms. The van der Waals surface area contributed by atoms with Crippen LogP contribution < -0.4 is 14.2 Å². The standard InChI is InChI=1S/C16H16F3NO4S/c1-10-4-5-11(8-13(10)16(17,18)19)20-25(21,22)12-6-7-14(23-2)15(9-12)24-3/h4-9,20H,1-3H3. The molecule has 0 amide bonds. The normalized spacial score (nSPS) is 11.9. The maximum absolute atomic E-state index is 13.0. The van der Waals surface area contributed by atoms with E-state index in [1.165, 1.54) is 51.5 Å². The van der Waals surface area contributed by atoms with Gasteiger partial charge in [-0.3, -0.25) is 4.72 Å². The fourth-order valence-corrected chi connectivity index (χ4v) is 3.25. The molecule has 136 valence electrons. The molecule has 0 aliphatic heterocycles. The topological polar surface area (TPSA) is 64.6 Å². The van der Waals surface area contributed by atoms with E-state index in [0.717, 1.165) is 6.07 Å². The summed E-state index contributed by atoms with van der Waals surface area (Å²) in [4.78, 5) is -0.167. The molecule has 0 aliphatic carbocycles. The molecule has 0 bridgehead atoms. The molecule has 0 aromatic heterocycles. The van der Waals surface area contributed by atoms with Crippen LogP contribution in [0.1, 0.15) is 11.1 Å². The third-order valence-corrected chi connectivity index (χ3v) is 4.84. The SMILES string of the molecule is COc1ccc(S(=O)(=O)Nc2ccc(C)c(C(F)(F)F)c2)cc1OC. The molecule has 5 nitrogen and oxygen atoms in total. The number of benzene rings is 2. The van der Waals surface area contributed by atoms with Crippen LogP contribution in [-0.4, -0.2) is 22.6 Å². The molecule has 0 heterocycles. The average Bonchev–Trinajstić information content (AvgIpc) is 2.54. The highest BCUT2D eigenvalue weighted by atomic mass is 32.2. The maximum Gasteiger partial charge on any atom is 0.416 e. The van der Waals surface area contributed by atoms with Crippen molar-refractivity contribution in [2.24, 2.45) is 0 Å². The Hall–Kier alpha value is -2.42. The average molecular weight is 375 g/mol. The van der Waals surface area contributed by atoms with Gasteiger partial charge >= 0.3 is 6.18 Å².